The summed E-state index contributed by atoms with van der Waals surface area (Å²) in [4.78, 5) is 36.3. The second-order valence-electron chi connectivity index (χ2n) is 6.40. The van der Waals surface area contributed by atoms with Crippen molar-refractivity contribution >= 4 is 23.9 Å². The number of rotatable bonds is 7. The predicted octanol–water partition coefficient (Wildman–Crippen LogP) is 2.51. The van der Waals surface area contributed by atoms with E-state index in [0.717, 1.165) is 11.4 Å². The predicted molar refractivity (Wildman–Crippen MR) is 102 cm³/mol. The molecule has 26 heavy (non-hydrogen) atoms. The van der Waals surface area contributed by atoms with E-state index in [-0.39, 0.29) is 18.4 Å². The van der Waals surface area contributed by atoms with Crippen LogP contribution in [0.4, 0.5) is 5.82 Å². The highest BCUT2D eigenvalue weighted by atomic mass is 16.4. The molecule has 0 amide bonds. The summed E-state index contributed by atoms with van der Waals surface area (Å²) in [6.07, 6.45) is 5.36. The molecule has 2 N–H and O–H groups in total. The average Bonchev–Trinajstić information content (AvgIpc) is 2.58. The summed E-state index contributed by atoms with van der Waals surface area (Å²) in [5.74, 6) is 0.379. The Bertz CT molecular complexity index is 854. The van der Waals surface area contributed by atoms with Crippen molar-refractivity contribution in [3.63, 3.8) is 0 Å². The molecule has 2 heterocycles. The Hall–Kier alpha value is -2.96. The van der Waals surface area contributed by atoms with E-state index in [4.69, 9.17) is 5.11 Å². The quantitative estimate of drug-likeness (QED) is 0.791. The average molecular weight is 356 g/mol. The first-order valence-electron chi connectivity index (χ1n) is 8.46. The van der Waals surface area contributed by atoms with Gasteiger partial charge in [-0.3, -0.25) is 9.59 Å². The number of carboxylic acids is 1. The van der Waals surface area contributed by atoms with E-state index >= 15 is 0 Å². The van der Waals surface area contributed by atoms with Crippen molar-refractivity contribution in [2.75, 3.05) is 11.9 Å². The molecule has 138 valence electrons. The minimum absolute atomic E-state index is 0.0936. The van der Waals surface area contributed by atoms with Gasteiger partial charge < -0.3 is 15.0 Å². The number of H-pyrrole nitrogens is 1. The number of aryl methyl sites for hydroxylation is 1. The molecule has 0 saturated carbocycles. The van der Waals surface area contributed by atoms with Crippen LogP contribution in [-0.4, -0.2) is 39.1 Å². The van der Waals surface area contributed by atoms with E-state index in [9.17, 15) is 9.59 Å². The monoisotopic (exact) mass is 356 g/mol. The van der Waals surface area contributed by atoms with Gasteiger partial charge in [0, 0.05) is 37.0 Å². The SMILES string of the molecule is Cc1nc(/C=C/c2ccc(N(C)C(C)C)nc2)[nH]c(=O)c1CCC(=O)O. The lowest BCUT2D eigenvalue weighted by molar-refractivity contribution is -0.136. The molecule has 0 aliphatic rings. The highest BCUT2D eigenvalue weighted by Crippen LogP contribution is 2.13. The van der Waals surface area contributed by atoms with E-state index < -0.39 is 5.97 Å². The van der Waals surface area contributed by atoms with Gasteiger partial charge in [-0.15, -0.1) is 0 Å². The third-order valence-corrected chi connectivity index (χ3v) is 4.17. The third-order valence-electron chi connectivity index (χ3n) is 4.17. The van der Waals surface area contributed by atoms with E-state index in [2.05, 4.69) is 33.7 Å². The number of aromatic nitrogens is 3. The summed E-state index contributed by atoms with van der Waals surface area (Å²) in [5, 5.41) is 8.75. The van der Waals surface area contributed by atoms with Crippen molar-refractivity contribution in [1.82, 2.24) is 15.0 Å². The normalized spacial score (nSPS) is 11.3. The van der Waals surface area contributed by atoms with Crippen LogP contribution in [0.5, 0.6) is 0 Å². The first kappa shape index (κ1) is 19.4. The Morgan fingerprint density at radius 2 is 2.08 bits per heavy atom. The smallest absolute Gasteiger partial charge is 0.303 e. The number of anilines is 1. The van der Waals surface area contributed by atoms with E-state index in [1.165, 1.54) is 0 Å². The molecule has 0 unspecified atom stereocenters. The molecule has 2 rings (SSSR count). The maximum absolute atomic E-state index is 12.1. The molecule has 0 saturated heterocycles. The number of pyridine rings is 1. The molecule has 0 aliphatic carbocycles. The summed E-state index contributed by atoms with van der Waals surface area (Å²) in [6, 6.07) is 4.25. The van der Waals surface area contributed by atoms with Gasteiger partial charge in [0.05, 0.1) is 0 Å². The topological polar surface area (TPSA) is 99.2 Å². The maximum Gasteiger partial charge on any atom is 0.303 e. The zero-order chi connectivity index (χ0) is 19.3. The highest BCUT2D eigenvalue weighted by Gasteiger charge is 2.09. The molecule has 0 radical (unpaired) electrons. The lowest BCUT2D eigenvalue weighted by atomic mass is 10.1. The van der Waals surface area contributed by atoms with Gasteiger partial charge in [-0.1, -0.05) is 0 Å². The van der Waals surface area contributed by atoms with Gasteiger partial charge in [-0.05, 0) is 57.0 Å². The Balaban J connectivity index is 2.15. The minimum Gasteiger partial charge on any atom is -0.481 e. The molecule has 0 aliphatic heterocycles. The molecular weight excluding hydrogens is 332 g/mol. The molecule has 2 aromatic rings. The molecule has 2 aromatic heterocycles. The van der Waals surface area contributed by atoms with Crippen molar-refractivity contribution in [3.8, 4) is 0 Å². The molecule has 0 bridgehead atoms. The van der Waals surface area contributed by atoms with Crippen LogP contribution in [0, 0.1) is 6.92 Å². The van der Waals surface area contributed by atoms with Gasteiger partial charge in [-0.25, -0.2) is 9.97 Å². The number of nitrogens with zero attached hydrogens (tertiary/aromatic N) is 3. The first-order chi connectivity index (χ1) is 12.3. The number of aromatic amines is 1. The van der Waals surface area contributed by atoms with Gasteiger partial charge >= 0.3 is 5.97 Å². The number of hydrogen-bond acceptors (Lipinski definition) is 5. The van der Waals surface area contributed by atoms with Gasteiger partial charge in [0.2, 0.25) is 0 Å². The summed E-state index contributed by atoms with van der Waals surface area (Å²) >= 11 is 0. The Labute approximate surface area is 152 Å². The fourth-order valence-corrected chi connectivity index (χ4v) is 2.38. The Morgan fingerprint density at radius 3 is 2.62 bits per heavy atom. The Kier molecular flexibility index (Phi) is 6.27. The summed E-state index contributed by atoms with van der Waals surface area (Å²) < 4.78 is 0. The molecule has 0 fully saturated rings. The Morgan fingerprint density at radius 1 is 1.35 bits per heavy atom. The molecular formula is C19H24N4O3. The minimum atomic E-state index is -0.938. The van der Waals surface area contributed by atoms with Crippen LogP contribution in [0.15, 0.2) is 23.1 Å². The van der Waals surface area contributed by atoms with Crippen LogP contribution in [-0.2, 0) is 11.2 Å². The van der Waals surface area contributed by atoms with Crippen LogP contribution >= 0.6 is 0 Å². The van der Waals surface area contributed by atoms with E-state index in [1.54, 1.807) is 19.2 Å². The van der Waals surface area contributed by atoms with Crippen LogP contribution in [0.1, 0.15) is 42.9 Å². The fraction of sp³-hybridized carbons (Fsp3) is 0.368. The number of carbonyl (C=O) groups is 1. The highest BCUT2D eigenvalue weighted by molar-refractivity contribution is 5.68. The largest absolute Gasteiger partial charge is 0.481 e. The van der Waals surface area contributed by atoms with Gasteiger partial charge in [0.25, 0.3) is 5.56 Å². The van der Waals surface area contributed by atoms with Crippen LogP contribution in [0.2, 0.25) is 0 Å². The first-order valence-corrected chi connectivity index (χ1v) is 8.46. The lowest BCUT2D eigenvalue weighted by Crippen LogP contribution is -2.26. The standard InChI is InChI=1S/C19H24N4O3/c1-12(2)23(4)17-9-6-14(11-20-17)5-8-16-21-13(3)15(19(26)22-16)7-10-18(24)25/h5-6,8-9,11-12H,7,10H2,1-4H3,(H,24,25)(H,21,22,26)/b8-5+. The number of carboxylic acid groups (broad SMARTS) is 1. The van der Waals surface area contributed by atoms with Gasteiger partial charge in [0.1, 0.15) is 11.6 Å². The second kappa shape index (κ2) is 8.42. The number of hydrogen-bond donors (Lipinski definition) is 2. The van der Waals surface area contributed by atoms with Crippen LogP contribution in [0.3, 0.4) is 0 Å². The molecule has 7 nitrogen and oxygen atoms in total. The third kappa shape index (κ3) is 5.02. The second-order valence-corrected chi connectivity index (χ2v) is 6.40. The van der Waals surface area contributed by atoms with Gasteiger partial charge in [-0.2, -0.15) is 0 Å². The van der Waals surface area contributed by atoms with Crippen LogP contribution in [0.25, 0.3) is 12.2 Å². The van der Waals surface area contributed by atoms with Gasteiger partial charge in [0.15, 0.2) is 0 Å². The van der Waals surface area contributed by atoms with Crippen LogP contribution < -0.4 is 10.5 Å². The number of aliphatic carboxylic acids is 1. The summed E-state index contributed by atoms with van der Waals surface area (Å²) in [5.41, 5.74) is 1.54. The van der Waals surface area contributed by atoms with E-state index in [1.807, 2.05) is 25.3 Å². The zero-order valence-corrected chi connectivity index (χ0v) is 15.5. The fourth-order valence-electron chi connectivity index (χ4n) is 2.38. The van der Waals surface area contributed by atoms with E-state index in [0.29, 0.717) is 23.1 Å². The maximum atomic E-state index is 12.1. The molecule has 0 spiro atoms. The van der Waals surface area contributed by atoms with Crippen molar-refractivity contribution in [2.45, 2.75) is 39.7 Å². The molecule has 0 atom stereocenters. The number of nitrogens with one attached hydrogen (secondary N) is 1. The summed E-state index contributed by atoms with van der Waals surface area (Å²) in [6.45, 7) is 5.90. The van der Waals surface area contributed by atoms with Crippen molar-refractivity contribution < 1.29 is 9.90 Å². The molecule has 7 heteroatoms. The zero-order valence-electron chi connectivity index (χ0n) is 15.5. The van der Waals surface area contributed by atoms with Crippen molar-refractivity contribution in [2.24, 2.45) is 0 Å². The summed E-state index contributed by atoms with van der Waals surface area (Å²) in [7, 11) is 1.99. The molecule has 0 aromatic carbocycles. The van der Waals surface area contributed by atoms with Crippen molar-refractivity contribution in [1.29, 1.82) is 0 Å². The lowest BCUT2D eigenvalue weighted by Gasteiger charge is -2.22. The van der Waals surface area contributed by atoms with Crippen molar-refractivity contribution in [3.05, 3.63) is 51.3 Å².